The van der Waals surface area contributed by atoms with Gasteiger partial charge >= 0.3 is 0 Å². The lowest BCUT2D eigenvalue weighted by Gasteiger charge is -2.34. The lowest BCUT2D eigenvalue weighted by Crippen LogP contribution is -2.40. The molecule has 4 aromatic rings. The molecule has 0 saturated carbocycles. The highest BCUT2D eigenvalue weighted by Crippen LogP contribution is 2.44. The largest absolute Gasteiger partial charge is 0.480 e. The Hall–Kier alpha value is -3.23. The first-order valence-corrected chi connectivity index (χ1v) is 11.2. The molecule has 0 unspecified atom stereocenters. The van der Waals surface area contributed by atoms with Gasteiger partial charge in [0.1, 0.15) is 22.4 Å². The second-order valence-corrected chi connectivity index (χ2v) is 8.74. The van der Waals surface area contributed by atoms with E-state index in [1.165, 1.54) is 12.1 Å². The molecule has 0 amide bonds. The molecule has 5 rings (SSSR count). The summed E-state index contributed by atoms with van der Waals surface area (Å²) < 4.78 is 20.0. The summed E-state index contributed by atoms with van der Waals surface area (Å²) in [4.78, 5) is 19.1. The number of H-pyrrole nitrogens is 1. The highest BCUT2D eigenvalue weighted by atomic mass is 35.5. The lowest BCUT2D eigenvalue weighted by atomic mass is 9.97. The summed E-state index contributed by atoms with van der Waals surface area (Å²) in [7, 11) is 1.58. The molecule has 33 heavy (non-hydrogen) atoms. The number of anilines is 1. The van der Waals surface area contributed by atoms with Gasteiger partial charge in [-0.05, 0) is 43.0 Å². The van der Waals surface area contributed by atoms with Gasteiger partial charge in [-0.25, -0.2) is 19.3 Å². The van der Waals surface area contributed by atoms with Crippen LogP contribution in [0.5, 0.6) is 5.88 Å². The minimum absolute atomic E-state index is 0.160. The van der Waals surface area contributed by atoms with Crippen LogP contribution in [-0.4, -0.2) is 46.2 Å². The van der Waals surface area contributed by atoms with Crippen molar-refractivity contribution in [1.82, 2.24) is 19.9 Å². The molecule has 3 N–H and O–H groups in total. The van der Waals surface area contributed by atoms with Crippen molar-refractivity contribution in [1.29, 1.82) is 0 Å². The van der Waals surface area contributed by atoms with Crippen LogP contribution in [0.2, 0.25) is 5.15 Å². The molecule has 0 atom stereocenters. The number of imidazole rings is 1. The van der Waals surface area contributed by atoms with Gasteiger partial charge in [0, 0.05) is 37.0 Å². The van der Waals surface area contributed by atoms with Crippen molar-refractivity contribution in [2.45, 2.75) is 25.8 Å². The fraction of sp³-hybridized carbons (Fsp3) is 0.292. The van der Waals surface area contributed by atoms with E-state index < -0.39 is 0 Å². The third kappa shape index (κ3) is 4.12. The van der Waals surface area contributed by atoms with Gasteiger partial charge in [-0.2, -0.15) is 0 Å². The quantitative estimate of drug-likeness (QED) is 0.422. The number of hydrogen-bond donors (Lipinski definition) is 2. The van der Waals surface area contributed by atoms with Crippen molar-refractivity contribution in [3.05, 3.63) is 53.2 Å². The fourth-order valence-electron chi connectivity index (χ4n) is 4.41. The van der Waals surface area contributed by atoms with Crippen LogP contribution in [-0.2, 0) is 0 Å². The maximum absolute atomic E-state index is 14.4. The third-order valence-electron chi connectivity index (χ3n) is 5.99. The molecule has 9 heteroatoms. The summed E-state index contributed by atoms with van der Waals surface area (Å²) in [6.45, 7) is 3.40. The van der Waals surface area contributed by atoms with E-state index in [4.69, 9.17) is 27.1 Å². The van der Waals surface area contributed by atoms with Crippen LogP contribution in [0.4, 0.5) is 10.1 Å². The summed E-state index contributed by atoms with van der Waals surface area (Å²) in [5.74, 6) is 0.714. The number of benzene rings is 1. The normalized spacial score (nSPS) is 14.8. The number of nitrogens with one attached hydrogen (secondary N) is 1. The van der Waals surface area contributed by atoms with E-state index in [1.807, 2.05) is 13.0 Å². The number of rotatable bonds is 4. The number of aryl methyl sites for hydroxylation is 1. The van der Waals surface area contributed by atoms with Crippen LogP contribution in [0.1, 0.15) is 18.4 Å². The van der Waals surface area contributed by atoms with Gasteiger partial charge in [0.25, 0.3) is 0 Å². The molecule has 1 saturated heterocycles. The zero-order chi connectivity index (χ0) is 23.1. The Kier molecular flexibility index (Phi) is 5.64. The maximum atomic E-state index is 14.4. The first-order valence-electron chi connectivity index (χ1n) is 10.8. The number of piperidine rings is 1. The molecule has 170 valence electrons. The van der Waals surface area contributed by atoms with E-state index in [9.17, 15) is 4.39 Å². The highest BCUT2D eigenvalue weighted by molar-refractivity contribution is 6.29. The predicted octanol–water partition coefficient (Wildman–Crippen LogP) is 4.72. The Bertz CT molecular complexity index is 1310. The second kappa shape index (κ2) is 8.61. The van der Waals surface area contributed by atoms with E-state index in [0.29, 0.717) is 27.9 Å². The third-order valence-corrected chi connectivity index (χ3v) is 6.20. The van der Waals surface area contributed by atoms with Crippen molar-refractivity contribution >= 4 is 28.3 Å². The average Bonchev–Trinajstić information content (AvgIpc) is 3.20. The van der Waals surface area contributed by atoms with Gasteiger partial charge in [-0.1, -0.05) is 17.7 Å². The van der Waals surface area contributed by atoms with Crippen LogP contribution in [0.25, 0.3) is 33.5 Å². The molecule has 1 fully saturated rings. The van der Waals surface area contributed by atoms with Crippen LogP contribution >= 0.6 is 11.6 Å². The predicted molar refractivity (Wildman–Crippen MR) is 128 cm³/mol. The first-order chi connectivity index (χ1) is 15.9. The van der Waals surface area contributed by atoms with Crippen molar-refractivity contribution in [3.63, 3.8) is 0 Å². The van der Waals surface area contributed by atoms with E-state index in [-0.39, 0.29) is 11.9 Å². The molecular weight excluding hydrogens is 443 g/mol. The smallest absolute Gasteiger partial charge is 0.226 e. The van der Waals surface area contributed by atoms with Crippen LogP contribution in [0, 0.1) is 12.7 Å². The number of aromatic amines is 1. The zero-order valence-corrected chi connectivity index (χ0v) is 19.2. The van der Waals surface area contributed by atoms with Gasteiger partial charge in [0.05, 0.1) is 30.0 Å². The van der Waals surface area contributed by atoms with E-state index in [2.05, 4.69) is 19.9 Å². The summed E-state index contributed by atoms with van der Waals surface area (Å²) in [5, 5.41) is 0.361. The SMILES string of the molecule is COc1ncc(-c2cc(C)cc(F)c2)c(N2CCC(N)CC2)c1-c1nc2cc(Cl)ncc2[nH]1. The molecule has 4 heterocycles. The number of methoxy groups -OCH3 is 1. The summed E-state index contributed by atoms with van der Waals surface area (Å²) in [6.07, 6.45) is 5.09. The summed E-state index contributed by atoms with van der Waals surface area (Å²) >= 11 is 6.08. The minimum atomic E-state index is -0.293. The standard InChI is InChI=1S/C24H24ClFN6O/c1-13-7-14(9-15(26)8-13)17-11-29-24(33-2)21(22(17)32-5-3-16(27)4-6-32)23-30-18-10-20(25)28-12-19(18)31-23/h7-12,16H,3-6,27H2,1-2H3,(H,30,31). The molecule has 0 aliphatic carbocycles. The number of aromatic nitrogens is 4. The fourth-order valence-corrected chi connectivity index (χ4v) is 4.56. The maximum Gasteiger partial charge on any atom is 0.226 e. The van der Waals surface area contributed by atoms with E-state index in [0.717, 1.165) is 53.8 Å². The summed E-state index contributed by atoms with van der Waals surface area (Å²) in [5.41, 5.74) is 11.6. The van der Waals surface area contributed by atoms with E-state index >= 15 is 0 Å². The Labute approximate surface area is 195 Å². The molecule has 0 radical (unpaired) electrons. The number of nitrogens with zero attached hydrogens (tertiary/aromatic N) is 4. The molecule has 1 aliphatic rings. The van der Waals surface area contributed by atoms with Gasteiger partial charge < -0.3 is 20.4 Å². The number of halogens is 2. The van der Waals surface area contributed by atoms with Gasteiger partial charge in [0.2, 0.25) is 5.88 Å². The topological polar surface area (TPSA) is 92.9 Å². The molecule has 0 bridgehead atoms. The van der Waals surface area contributed by atoms with Crippen LogP contribution < -0.4 is 15.4 Å². The van der Waals surface area contributed by atoms with Crippen molar-refractivity contribution in [2.24, 2.45) is 5.73 Å². The van der Waals surface area contributed by atoms with E-state index in [1.54, 1.807) is 25.6 Å². The van der Waals surface area contributed by atoms with Gasteiger partial charge in [0.15, 0.2) is 0 Å². The van der Waals surface area contributed by atoms with Gasteiger partial charge in [-0.3, -0.25) is 0 Å². The highest BCUT2D eigenvalue weighted by Gasteiger charge is 2.28. The average molecular weight is 467 g/mol. The second-order valence-electron chi connectivity index (χ2n) is 8.36. The van der Waals surface area contributed by atoms with Crippen molar-refractivity contribution < 1.29 is 9.13 Å². The number of nitrogens with two attached hydrogens (primary N) is 1. The lowest BCUT2D eigenvalue weighted by molar-refractivity contribution is 0.399. The Morgan fingerprint density at radius 1 is 1.15 bits per heavy atom. The van der Waals surface area contributed by atoms with Gasteiger partial charge in [-0.15, -0.1) is 0 Å². The monoisotopic (exact) mass is 466 g/mol. The van der Waals surface area contributed by atoms with Crippen LogP contribution in [0.3, 0.4) is 0 Å². The molecule has 0 spiro atoms. The van der Waals surface area contributed by atoms with Crippen molar-refractivity contribution in [3.8, 4) is 28.4 Å². The molecule has 3 aromatic heterocycles. The zero-order valence-electron chi connectivity index (χ0n) is 18.4. The molecule has 7 nitrogen and oxygen atoms in total. The summed E-state index contributed by atoms with van der Waals surface area (Å²) in [6, 6.07) is 6.86. The number of pyridine rings is 2. The van der Waals surface area contributed by atoms with Crippen molar-refractivity contribution in [2.75, 3.05) is 25.1 Å². The Balaban J connectivity index is 1.78. The molecular formula is C24H24ClFN6O. The number of hydrogen-bond acceptors (Lipinski definition) is 6. The number of ether oxygens (including phenoxy) is 1. The Morgan fingerprint density at radius 3 is 2.67 bits per heavy atom. The Morgan fingerprint density at radius 2 is 1.94 bits per heavy atom. The minimum Gasteiger partial charge on any atom is -0.480 e. The molecule has 1 aliphatic heterocycles. The van der Waals surface area contributed by atoms with Crippen LogP contribution in [0.15, 0.2) is 36.7 Å². The number of fused-ring (bicyclic) bond motifs is 1. The molecule has 1 aromatic carbocycles. The first kappa shape index (κ1) is 21.6.